The molecular weight excluding hydrogens is 202 g/mol. The molecule has 1 aromatic rings. The summed E-state index contributed by atoms with van der Waals surface area (Å²) in [5.41, 5.74) is 7.30. The third kappa shape index (κ3) is 4.68. The molecule has 0 radical (unpaired) electrons. The fraction of sp³-hybridized carbons (Fsp3) is 0.417. The second-order valence-corrected chi connectivity index (χ2v) is 4.02. The van der Waals surface area contributed by atoms with Crippen molar-refractivity contribution < 1.29 is 4.79 Å². The highest BCUT2D eigenvalue weighted by Gasteiger charge is 2.02. The lowest BCUT2D eigenvalue weighted by Crippen LogP contribution is -2.31. The topological polar surface area (TPSA) is 67.2 Å². The second-order valence-electron chi connectivity index (χ2n) is 4.02. The number of carbonyl (C=O) groups excluding carboxylic acids is 1. The molecule has 1 amide bonds. The zero-order valence-electron chi connectivity index (χ0n) is 9.79. The van der Waals surface area contributed by atoms with Crippen LogP contribution in [-0.2, 0) is 4.79 Å². The summed E-state index contributed by atoms with van der Waals surface area (Å²) in [5.74, 6) is 0.0615. The van der Waals surface area contributed by atoms with Gasteiger partial charge in [0.2, 0.25) is 5.91 Å². The van der Waals surface area contributed by atoms with Crippen molar-refractivity contribution in [1.82, 2.24) is 5.32 Å². The summed E-state index contributed by atoms with van der Waals surface area (Å²) in [6.45, 7) is 4.51. The number of nitrogen functional groups attached to an aromatic ring is 1. The second kappa shape index (κ2) is 6.00. The molecule has 0 heterocycles. The van der Waals surface area contributed by atoms with E-state index in [0.29, 0.717) is 13.0 Å². The van der Waals surface area contributed by atoms with E-state index in [1.807, 2.05) is 38.1 Å². The zero-order chi connectivity index (χ0) is 12.0. The number of benzene rings is 1. The SMILES string of the molecule is CC(C)NC(=O)CCNc1cccc(N)c1. The lowest BCUT2D eigenvalue weighted by atomic mass is 10.2. The van der Waals surface area contributed by atoms with Crippen LogP contribution in [0.25, 0.3) is 0 Å². The standard InChI is InChI=1S/C12H19N3O/c1-9(2)15-12(16)6-7-14-11-5-3-4-10(13)8-11/h3-5,8-9,14H,6-7,13H2,1-2H3,(H,15,16). The van der Waals surface area contributed by atoms with Crippen LogP contribution in [-0.4, -0.2) is 18.5 Å². The monoisotopic (exact) mass is 221 g/mol. The summed E-state index contributed by atoms with van der Waals surface area (Å²) in [4.78, 5) is 11.3. The highest BCUT2D eigenvalue weighted by Crippen LogP contribution is 2.11. The van der Waals surface area contributed by atoms with E-state index in [1.54, 1.807) is 0 Å². The van der Waals surface area contributed by atoms with Crippen LogP contribution >= 0.6 is 0 Å². The number of amides is 1. The third-order valence-electron chi connectivity index (χ3n) is 2.02. The minimum absolute atomic E-state index is 0.0615. The molecule has 4 heteroatoms. The molecule has 16 heavy (non-hydrogen) atoms. The van der Waals surface area contributed by atoms with Crippen LogP contribution in [0, 0.1) is 0 Å². The Labute approximate surface area is 96.2 Å². The summed E-state index contributed by atoms with van der Waals surface area (Å²) in [6.07, 6.45) is 0.465. The Morgan fingerprint density at radius 2 is 2.19 bits per heavy atom. The molecule has 0 aliphatic heterocycles. The summed E-state index contributed by atoms with van der Waals surface area (Å²) >= 11 is 0. The summed E-state index contributed by atoms with van der Waals surface area (Å²) in [5, 5.41) is 5.99. The lowest BCUT2D eigenvalue weighted by molar-refractivity contribution is -0.121. The molecule has 0 unspecified atom stereocenters. The maximum absolute atomic E-state index is 11.3. The molecule has 0 atom stereocenters. The molecule has 0 saturated carbocycles. The zero-order valence-corrected chi connectivity index (χ0v) is 9.79. The van der Waals surface area contributed by atoms with Gasteiger partial charge in [0.25, 0.3) is 0 Å². The van der Waals surface area contributed by atoms with Crippen LogP contribution in [0.3, 0.4) is 0 Å². The van der Waals surface area contributed by atoms with Gasteiger partial charge in [0.05, 0.1) is 0 Å². The van der Waals surface area contributed by atoms with Crippen LogP contribution < -0.4 is 16.4 Å². The number of hydrogen-bond donors (Lipinski definition) is 3. The Bertz CT molecular complexity index is 350. The number of anilines is 2. The Hall–Kier alpha value is -1.71. The van der Waals surface area contributed by atoms with Gasteiger partial charge in [-0.2, -0.15) is 0 Å². The van der Waals surface area contributed by atoms with Crippen molar-refractivity contribution in [2.24, 2.45) is 0 Å². The molecule has 88 valence electrons. The van der Waals surface area contributed by atoms with Crippen molar-refractivity contribution in [3.05, 3.63) is 24.3 Å². The van der Waals surface area contributed by atoms with Gasteiger partial charge in [-0.25, -0.2) is 0 Å². The average Bonchev–Trinajstić information content (AvgIpc) is 2.16. The number of rotatable bonds is 5. The quantitative estimate of drug-likeness (QED) is 0.661. The van der Waals surface area contributed by atoms with Gasteiger partial charge in [0, 0.05) is 30.4 Å². The minimum atomic E-state index is 0.0615. The number of carbonyl (C=O) groups is 1. The normalized spacial score (nSPS) is 10.2. The van der Waals surface area contributed by atoms with Crippen LogP contribution in [0.15, 0.2) is 24.3 Å². The first-order valence-corrected chi connectivity index (χ1v) is 5.46. The fourth-order valence-electron chi connectivity index (χ4n) is 1.36. The van der Waals surface area contributed by atoms with E-state index in [0.717, 1.165) is 11.4 Å². The first-order chi connectivity index (χ1) is 7.58. The van der Waals surface area contributed by atoms with E-state index in [2.05, 4.69) is 10.6 Å². The van der Waals surface area contributed by atoms with E-state index in [4.69, 9.17) is 5.73 Å². The van der Waals surface area contributed by atoms with Crippen LogP contribution in [0.2, 0.25) is 0 Å². The molecule has 0 fully saturated rings. The largest absolute Gasteiger partial charge is 0.399 e. The molecule has 0 aliphatic rings. The Balaban J connectivity index is 2.28. The smallest absolute Gasteiger partial charge is 0.221 e. The maximum Gasteiger partial charge on any atom is 0.221 e. The van der Waals surface area contributed by atoms with Gasteiger partial charge in [-0.1, -0.05) is 6.07 Å². The van der Waals surface area contributed by atoms with E-state index in [-0.39, 0.29) is 11.9 Å². The highest BCUT2D eigenvalue weighted by atomic mass is 16.1. The Kier molecular flexibility index (Phi) is 4.64. The van der Waals surface area contributed by atoms with Crippen molar-refractivity contribution in [3.63, 3.8) is 0 Å². The van der Waals surface area contributed by atoms with E-state index in [9.17, 15) is 4.79 Å². The van der Waals surface area contributed by atoms with E-state index in [1.165, 1.54) is 0 Å². The van der Waals surface area contributed by atoms with Crippen molar-refractivity contribution in [1.29, 1.82) is 0 Å². The fourth-order valence-corrected chi connectivity index (χ4v) is 1.36. The third-order valence-corrected chi connectivity index (χ3v) is 2.02. The first-order valence-electron chi connectivity index (χ1n) is 5.46. The molecule has 0 bridgehead atoms. The van der Waals surface area contributed by atoms with Gasteiger partial charge >= 0.3 is 0 Å². The van der Waals surface area contributed by atoms with Crippen molar-refractivity contribution in [2.45, 2.75) is 26.3 Å². The van der Waals surface area contributed by atoms with Gasteiger partial charge < -0.3 is 16.4 Å². The Morgan fingerprint density at radius 1 is 1.44 bits per heavy atom. The molecule has 4 N–H and O–H groups in total. The molecule has 0 spiro atoms. The van der Waals surface area contributed by atoms with Crippen molar-refractivity contribution in [3.8, 4) is 0 Å². The predicted octanol–water partition coefficient (Wildman–Crippen LogP) is 1.60. The molecule has 1 rings (SSSR count). The number of nitrogens with one attached hydrogen (secondary N) is 2. The van der Waals surface area contributed by atoms with Crippen LogP contribution in [0.1, 0.15) is 20.3 Å². The van der Waals surface area contributed by atoms with Crippen molar-refractivity contribution in [2.75, 3.05) is 17.6 Å². The summed E-state index contributed by atoms with van der Waals surface area (Å²) < 4.78 is 0. The van der Waals surface area contributed by atoms with E-state index < -0.39 is 0 Å². The first kappa shape index (κ1) is 12.4. The molecule has 0 aliphatic carbocycles. The van der Waals surface area contributed by atoms with Gasteiger partial charge in [-0.3, -0.25) is 4.79 Å². The van der Waals surface area contributed by atoms with Gasteiger partial charge in [0.15, 0.2) is 0 Å². The van der Waals surface area contributed by atoms with Gasteiger partial charge in [-0.15, -0.1) is 0 Å². The molecule has 0 saturated heterocycles. The molecule has 1 aromatic carbocycles. The Morgan fingerprint density at radius 3 is 2.81 bits per heavy atom. The molecule has 0 aromatic heterocycles. The predicted molar refractivity (Wildman–Crippen MR) is 67.2 cm³/mol. The molecule has 4 nitrogen and oxygen atoms in total. The lowest BCUT2D eigenvalue weighted by Gasteiger charge is -2.09. The van der Waals surface area contributed by atoms with E-state index >= 15 is 0 Å². The molecular formula is C12H19N3O. The van der Waals surface area contributed by atoms with Gasteiger partial charge in [0.1, 0.15) is 0 Å². The highest BCUT2D eigenvalue weighted by molar-refractivity contribution is 5.76. The minimum Gasteiger partial charge on any atom is -0.399 e. The van der Waals surface area contributed by atoms with Crippen molar-refractivity contribution >= 4 is 17.3 Å². The van der Waals surface area contributed by atoms with Crippen LogP contribution in [0.4, 0.5) is 11.4 Å². The number of nitrogens with two attached hydrogens (primary N) is 1. The van der Waals surface area contributed by atoms with Crippen LogP contribution in [0.5, 0.6) is 0 Å². The summed E-state index contributed by atoms with van der Waals surface area (Å²) in [7, 11) is 0. The maximum atomic E-state index is 11.3. The number of hydrogen-bond acceptors (Lipinski definition) is 3. The summed E-state index contributed by atoms with van der Waals surface area (Å²) in [6, 6.07) is 7.68. The van der Waals surface area contributed by atoms with Gasteiger partial charge in [-0.05, 0) is 32.0 Å². The average molecular weight is 221 g/mol.